The van der Waals surface area contributed by atoms with Crippen LogP contribution in [0.5, 0.6) is 5.75 Å². The highest BCUT2D eigenvalue weighted by molar-refractivity contribution is 6.31. The first-order valence-electron chi connectivity index (χ1n) is 8.98. The second-order valence-corrected chi connectivity index (χ2v) is 6.82. The highest BCUT2D eigenvalue weighted by Crippen LogP contribution is 2.30. The van der Waals surface area contributed by atoms with E-state index in [1.807, 2.05) is 4.90 Å². The predicted octanol–water partition coefficient (Wildman–Crippen LogP) is 2.97. The molecule has 1 fully saturated rings. The van der Waals surface area contributed by atoms with Gasteiger partial charge in [0.15, 0.2) is 0 Å². The second kappa shape index (κ2) is 8.54. The number of hydrogen-bond donors (Lipinski definition) is 1. The highest BCUT2D eigenvalue weighted by Gasteiger charge is 2.23. The SMILES string of the molecule is CCN1CCN(C(=O)c2cc(Nc3cc(Cl)ccc3OC)nc(C)n2)CC1. The molecule has 1 amide bonds. The van der Waals surface area contributed by atoms with Crippen LogP contribution in [0.25, 0.3) is 0 Å². The highest BCUT2D eigenvalue weighted by atomic mass is 35.5. The van der Waals surface area contributed by atoms with Crippen LogP contribution in [-0.4, -0.2) is 65.5 Å². The number of methoxy groups -OCH3 is 1. The average molecular weight is 390 g/mol. The van der Waals surface area contributed by atoms with Crippen molar-refractivity contribution < 1.29 is 9.53 Å². The van der Waals surface area contributed by atoms with Crippen LogP contribution < -0.4 is 10.1 Å². The largest absolute Gasteiger partial charge is 0.495 e. The fourth-order valence-electron chi connectivity index (χ4n) is 3.09. The van der Waals surface area contributed by atoms with Crippen molar-refractivity contribution in [3.63, 3.8) is 0 Å². The number of anilines is 2. The lowest BCUT2D eigenvalue weighted by Crippen LogP contribution is -2.48. The number of rotatable bonds is 5. The molecule has 2 heterocycles. The zero-order valence-corrected chi connectivity index (χ0v) is 16.6. The van der Waals surface area contributed by atoms with Gasteiger partial charge in [-0.1, -0.05) is 18.5 Å². The third kappa shape index (κ3) is 4.67. The molecule has 1 aliphatic rings. The van der Waals surface area contributed by atoms with Gasteiger partial charge in [0.1, 0.15) is 23.1 Å². The number of piperazine rings is 1. The number of hydrogen-bond acceptors (Lipinski definition) is 6. The van der Waals surface area contributed by atoms with E-state index in [-0.39, 0.29) is 5.91 Å². The molecule has 1 aromatic heterocycles. The Morgan fingerprint density at radius 3 is 2.63 bits per heavy atom. The summed E-state index contributed by atoms with van der Waals surface area (Å²) in [5.41, 5.74) is 1.06. The summed E-state index contributed by atoms with van der Waals surface area (Å²) in [7, 11) is 1.59. The van der Waals surface area contributed by atoms with Crippen molar-refractivity contribution in [3.8, 4) is 5.75 Å². The van der Waals surface area contributed by atoms with Gasteiger partial charge in [-0.3, -0.25) is 4.79 Å². The van der Waals surface area contributed by atoms with Gasteiger partial charge in [-0.25, -0.2) is 9.97 Å². The van der Waals surface area contributed by atoms with Gasteiger partial charge in [0.25, 0.3) is 5.91 Å². The van der Waals surface area contributed by atoms with Crippen molar-refractivity contribution in [2.75, 3.05) is 45.2 Å². The third-order valence-electron chi connectivity index (χ3n) is 4.59. The van der Waals surface area contributed by atoms with Crippen molar-refractivity contribution >= 4 is 29.0 Å². The summed E-state index contributed by atoms with van der Waals surface area (Å²) >= 11 is 6.09. The number of nitrogens with zero attached hydrogens (tertiary/aromatic N) is 4. The normalized spacial score (nSPS) is 14.9. The van der Waals surface area contributed by atoms with Gasteiger partial charge in [-0.2, -0.15) is 0 Å². The molecule has 7 nitrogen and oxygen atoms in total. The van der Waals surface area contributed by atoms with E-state index in [4.69, 9.17) is 16.3 Å². The molecule has 1 N–H and O–H groups in total. The molecular formula is C19H24ClN5O2. The molecule has 0 radical (unpaired) electrons. The van der Waals surface area contributed by atoms with Crippen molar-refractivity contribution in [1.82, 2.24) is 19.8 Å². The quantitative estimate of drug-likeness (QED) is 0.847. The Hall–Kier alpha value is -2.38. The van der Waals surface area contributed by atoms with E-state index < -0.39 is 0 Å². The number of aromatic nitrogens is 2. The van der Waals surface area contributed by atoms with Crippen molar-refractivity contribution in [2.24, 2.45) is 0 Å². The van der Waals surface area contributed by atoms with Gasteiger partial charge in [0, 0.05) is 37.3 Å². The smallest absolute Gasteiger partial charge is 0.272 e. The molecule has 1 aromatic carbocycles. The Balaban J connectivity index is 1.80. The van der Waals surface area contributed by atoms with Gasteiger partial charge in [0.05, 0.1) is 12.8 Å². The van der Waals surface area contributed by atoms with E-state index >= 15 is 0 Å². The van der Waals surface area contributed by atoms with Crippen LogP contribution in [-0.2, 0) is 0 Å². The zero-order chi connectivity index (χ0) is 19.4. The van der Waals surface area contributed by atoms with E-state index in [0.717, 1.165) is 19.6 Å². The molecule has 3 rings (SSSR count). The van der Waals surface area contributed by atoms with Gasteiger partial charge in [-0.15, -0.1) is 0 Å². The van der Waals surface area contributed by atoms with E-state index in [9.17, 15) is 4.79 Å². The molecule has 0 unspecified atom stereocenters. The summed E-state index contributed by atoms with van der Waals surface area (Å²) in [5, 5.41) is 3.76. The Morgan fingerprint density at radius 1 is 1.22 bits per heavy atom. The van der Waals surface area contributed by atoms with Crippen LogP contribution in [0.4, 0.5) is 11.5 Å². The summed E-state index contributed by atoms with van der Waals surface area (Å²) in [6.45, 7) is 8.10. The topological polar surface area (TPSA) is 70.6 Å². The zero-order valence-electron chi connectivity index (χ0n) is 15.8. The fourth-order valence-corrected chi connectivity index (χ4v) is 3.26. The Labute approximate surface area is 164 Å². The van der Waals surface area contributed by atoms with Gasteiger partial charge in [0.2, 0.25) is 0 Å². The minimum Gasteiger partial charge on any atom is -0.495 e. The standard InChI is InChI=1S/C19H24ClN5O2/c1-4-24-7-9-25(10-8-24)19(26)16-12-18(22-13(2)21-16)23-15-11-14(20)5-6-17(15)27-3/h5-6,11-12H,4,7-10H2,1-3H3,(H,21,22,23). The maximum absolute atomic E-state index is 12.9. The first kappa shape index (κ1) is 19.4. The predicted molar refractivity (Wildman–Crippen MR) is 106 cm³/mol. The van der Waals surface area contributed by atoms with Crippen LogP contribution in [0, 0.1) is 6.92 Å². The molecule has 8 heteroatoms. The Bertz CT molecular complexity index is 822. The minimum atomic E-state index is -0.0719. The molecule has 1 aliphatic heterocycles. The number of ether oxygens (including phenoxy) is 1. The lowest BCUT2D eigenvalue weighted by atomic mass is 10.2. The van der Waals surface area contributed by atoms with Gasteiger partial charge in [-0.05, 0) is 31.7 Å². The fraction of sp³-hybridized carbons (Fsp3) is 0.421. The molecular weight excluding hydrogens is 366 g/mol. The Kier molecular flexibility index (Phi) is 6.13. The van der Waals surface area contributed by atoms with Crippen LogP contribution in [0.3, 0.4) is 0 Å². The summed E-state index contributed by atoms with van der Waals surface area (Å²) in [4.78, 5) is 25.8. The molecule has 0 aliphatic carbocycles. The number of nitrogens with one attached hydrogen (secondary N) is 1. The number of aryl methyl sites for hydroxylation is 1. The van der Waals surface area contributed by atoms with Crippen LogP contribution >= 0.6 is 11.6 Å². The van der Waals surface area contributed by atoms with E-state index in [0.29, 0.717) is 46.9 Å². The van der Waals surface area contributed by atoms with E-state index in [2.05, 4.69) is 27.1 Å². The van der Waals surface area contributed by atoms with E-state index in [1.54, 1.807) is 38.3 Å². The summed E-state index contributed by atoms with van der Waals surface area (Å²) in [6, 6.07) is 6.95. The summed E-state index contributed by atoms with van der Waals surface area (Å²) < 4.78 is 5.35. The molecule has 1 saturated heterocycles. The van der Waals surface area contributed by atoms with Crippen LogP contribution in [0.2, 0.25) is 5.02 Å². The lowest BCUT2D eigenvalue weighted by molar-refractivity contribution is 0.0637. The number of halogens is 1. The summed E-state index contributed by atoms with van der Waals surface area (Å²) in [6.07, 6.45) is 0. The maximum Gasteiger partial charge on any atom is 0.272 e. The van der Waals surface area contributed by atoms with E-state index in [1.165, 1.54) is 0 Å². The molecule has 0 spiro atoms. The molecule has 0 saturated carbocycles. The van der Waals surface area contributed by atoms with Crippen molar-refractivity contribution in [1.29, 1.82) is 0 Å². The average Bonchev–Trinajstić information content (AvgIpc) is 2.67. The van der Waals surface area contributed by atoms with Crippen molar-refractivity contribution in [2.45, 2.75) is 13.8 Å². The number of carbonyl (C=O) groups is 1. The molecule has 144 valence electrons. The lowest BCUT2D eigenvalue weighted by Gasteiger charge is -2.33. The molecule has 0 bridgehead atoms. The maximum atomic E-state index is 12.9. The number of amides is 1. The Morgan fingerprint density at radius 2 is 1.96 bits per heavy atom. The van der Waals surface area contributed by atoms with Gasteiger partial charge < -0.3 is 19.9 Å². The second-order valence-electron chi connectivity index (χ2n) is 6.38. The monoisotopic (exact) mass is 389 g/mol. The number of carbonyl (C=O) groups excluding carboxylic acids is 1. The van der Waals surface area contributed by atoms with Crippen LogP contribution in [0.1, 0.15) is 23.2 Å². The van der Waals surface area contributed by atoms with Crippen molar-refractivity contribution in [3.05, 3.63) is 40.8 Å². The number of benzene rings is 1. The first-order valence-corrected chi connectivity index (χ1v) is 9.36. The third-order valence-corrected chi connectivity index (χ3v) is 4.82. The molecule has 2 aromatic rings. The van der Waals surface area contributed by atoms with Gasteiger partial charge >= 0.3 is 0 Å². The van der Waals surface area contributed by atoms with Crippen LogP contribution in [0.15, 0.2) is 24.3 Å². The molecule has 0 atom stereocenters. The minimum absolute atomic E-state index is 0.0719. The molecule has 27 heavy (non-hydrogen) atoms. The summed E-state index contributed by atoms with van der Waals surface area (Å²) in [5.74, 6) is 1.62. The first-order chi connectivity index (χ1) is 13.0. The number of likely N-dealkylation sites (N-methyl/N-ethyl adjacent to an activating group) is 1.